The fourth-order valence-corrected chi connectivity index (χ4v) is 2.34. The third-order valence-electron chi connectivity index (χ3n) is 3.79. The molecule has 4 N–H and O–H groups in total. The first-order chi connectivity index (χ1) is 8.04. The van der Waals surface area contributed by atoms with Gasteiger partial charge in [-0.05, 0) is 45.9 Å². The third-order valence-corrected chi connectivity index (χ3v) is 3.79. The van der Waals surface area contributed by atoms with Crippen molar-refractivity contribution in [2.75, 3.05) is 33.2 Å². The zero-order valence-corrected chi connectivity index (χ0v) is 11.1. The van der Waals surface area contributed by atoms with Crippen molar-refractivity contribution in [2.45, 2.75) is 38.3 Å². The fourth-order valence-electron chi connectivity index (χ4n) is 2.34. The van der Waals surface area contributed by atoms with E-state index in [1.165, 1.54) is 25.9 Å². The summed E-state index contributed by atoms with van der Waals surface area (Å²) >= 11 is 0. The molecule has 100 valence electrons. The molecule has 1 amide bonds. The van der Waals surface area contributed by atoms with Gasteiger partial charge in [0.05, 0.1) is 6.04 Å². The van der Waals surface area contributed by atoms with Crippen LogP contribution in [0.4, 0.5) is 0 Å². The summed E-state index contributed by atoms with van der Waals surface area (Å²) in [5.41, 5.74) is 10.8. The first kappa shape index (κ1) is 14.4. The normalized spacial score (nSPS) is 20.7. The quantitative estimate of drug-likeness (QED) is 0.665. The lowest BCUT2D eigenvalue weighted by Gasteiger charge is -2.36. The minimum Gasteiger partial charge on any atom is -0.368 e. The summed E-state index contributed by atoms with van der Waals surface area (Å²) in [6.45, 7) is 6.54. The predicted molar refractivity (Wildman–Crippen MR) is 69.6 cm³/mol. The monoisotopic (exact) mass is 242 g/mol. The Bertz CT molecular complexity index is 239. The number of nitrogens with zero attached hydrogens (tertiary/aromatic N) is 2. The second-order valence-electron chi connectivity index (χ2n) is 4.94. The summed E-state index contributed by atoms with van der Waals surface area (Å²) in [7, 11) is 2.11. The van der Waals surface area contributed by atoms with Gasteiger partial charge in [0.15, 0.2) is 0 Å². The van der Waals surface area contributed by atoms with Gasteiger partial charge in [0.2, 0.25) is 5.91 Å². The van der Waals surface area contributed by atoms with Gasteiger partial charge in [0.1, 0.15) is 0 Å². The van der Waals surface area contributed by atoms with Crippen molar-refractivity contribution in [3.8, 4) is 0 Å². The zero-order valence-electron chi connectivity index (χ0n) is 11.1. The van der Waals surface area contributed by atoms with Crippen molar-refractivity contribution in [2.24, 2.45) is 11.5 Å². The summed E-state index contributed by atoms with van der Waals surface area (Å²) in [6.07, 6.45) is 3.06. The third kappa shape index (κ3) is 4.61. The van der Waals surface area contributed by atoms with Crippen LogP contribution >= 0.6 is 0 Å². The highest BCUT2D eigenvalue weighted by atomic mass is 16.1. The lowest BCUT2D eigenvalue weighted by molar-refractivity contribution is -0.119. The largest absolute Gasteiger partial charge is 0.368 e. The van der Waals surface area contributed by atoms with Crippen LogP contribution in [0.5, 0.6) is 0 Å². The number of likely N-dealkylation sites (tertiary alicyclic amines) is 1. The van der Waals surface area contributed by atoms with Crippen LogP contribution in [-0.4, -0.2) is 61.0 Å². The van der Waals surface area contributed by atoms with Gasteiger partial charge < -0.3 is 21.3 Å². The molecule has 0 aliphatic carbocycles. The van der Waals surface area contributed by atoms with E-state index in [1.807, 2.05) is 0 Å². The van der Waals surface area contributed by atoms with Crippen LogP contribution in [0, 0.1) is 0 Å². The molecule has 1 unspecified atom stereocenters. The number of piperidine rings is 1. The van der Waals surface area contributed by atoms with E-state index in [-0.39, 0.29) is 0 Å². The second-order valence-corrected chi connectivity index (χ2v) is 4.94. The molecule has 5 heteroatoms. The van der Waals surface area contributed by atoms with Gasteiger partial charge in [0.25, 0.3) is 0 Å². The molecule has 0 aromatic heterocycles. The molecular formula is C12H26N4O. The van der Waals surface area contributed by atoms with Crippen LogP contribution < -0.4 is 11.5 Å². The molecule has 1 heterocycles. The smallest absolute Gasteiger partial charge is 0.234 e. The minimum atomic E-state index is -0.506. The van der Waals surface area contributed by atoms with E-state index in [9.17, 15) is 4.79 Å². The van der Waals surface area contributed by atoms with E-state index in [1.54, 1.807) is 0 Å². The molecule has 1 saturated heterocycles. The fraction of sp³-hybridized carbons (Fsp3) is 0.917. The van der Waals surface area contributed by atoms with Crippen LogP contribution in [0.25, 0.3) is 0 Å². The molecule has 1 fully saturated rings. The molecule has 1 aliphatic heterocycles. The molecule has 1 atom stereocenters. The van der Waals surface area contributed by atoms with Gasteiger partial charge in [-0.15, -0.1) is 0 Å². The number of amides is 1. The maximum absolute atomic E-state index is 10.8. The van der Waals surface area contributed by atoms with Gasteiger partial charge in [0, 0.05) is 12.6 Å². The Balaban J connectivity index is 2.24. The predicted octanol–water partition coefficient (Wildman–Crippen LogP) is -0.395. The molecule has 5 nitrogen and oxygen atoms in total. The Hall–Kier alpha value is -0.650. The molecule has 0 aromatic carbocycles. The van der Waals surface area contributed by atoms with E-state index in [0.717, 1.165) is 13.1 Å². The molecule has 0 saturated carbocycles. The Morgan fingerprint density at radius 1 is 1.47 bits per heavy atom. The van der Waals surface area contributed by atoms with Gasteiger partial charge >= 0.3 is 0 Å². The lowest BCUT2D eigenvalue weighted by Crippen LogP contribution is -2.45. The van der Waals surface area contributed by atoms with E-state index in [2.05, 4.69) is 23.8 Å². The SMILES string of the molecule is CCN1CCC(N(C)CCC(N)C(N)=O)CC1. The van der Waals surface area contributed by atoms with Crippen molar-refractivity contribution >= 4 is 5.91 Å². The highest BCUT2D eigenvalue weighted by molar-refractivity contribution is 5.79. The highest BCUT2D eigenvalue weighted by Crippen LogP contribution is 2.15. The van der Waals surface area contributed by atoms with Crippen LogP contribution in [0.1, 0.15) is 26.2 Å². The Morgan fingerprint density at radius 2 is 2.06 bits per heavy atom. The Morgan fingerprint density at radius 3 is 2.53 bits per heavy atom. The molecule has 1 aliphatic rings. The van der Waals surface area contributed by atoms with Crippen LogP contribution in [0.3, 0.4) is 0 Å². The molecular weight excluding hydrogens is 216 g/mol. The minimum absolute atomic E-state index is 0.404. The average Bonchev–Trinajstić information content (AvgIpc) is 2.35. The van der Waals surface area contributed by atoms with Gasteiger partial charge in [-0.3, -0.25) is 4.79 Å². The number of nitrogens with two attached hydrogens (primary N) is 2. The van der Waals surface area contributed by atoms with E-state index >= 15 is 0 Å². The molecule has 1 rings (SSSR count). The van der Waals surface area contributed by atoms with Crippen molar-refractivity contribution in [1.29, 1.82) is 0 Å². The first-order valence-corrected chi connectivity index (χ1v) is 6.52. The van der Waals surface area contributed by atoms with Crippen LogP contribution in [-0.2, 0) is 4.79 Å². The van der Waals surface area contributed by atoms with Crippen LogP contribution in [0.15, 0.2) is 0 Å². The summed E-state index contributed by atoms with van der Waals surface area (Å²) < 4.78 is 0. The number of rotatable bonds is 6. The maximum atomic E-state index is 10.8. The summed E-state index contributed by atoms with van der Waals surface area (Å²) in [5, 5.41) is 0. The van der Waals surface area contributed by atoms with Gasteiger partial charge in [-0.2, -0.15) is 0 Å². The van der Waals surface area contributed by atoms with Gasteiger partial charge in [-0.1, -0.05) is 6.92 Å². The number of carbonyl (C=O) groups excluding carboxylic acids is 1. The molecule has 0 bridgehead atoms. The molecule has 0 spiro atoms. The van der Waals surface area contributed by atoms with E-state index in [4.69, 9.17) is 11.5 Å². The maximum Gasteiger partial charge on any atom is 0.234 e. The number of primary amides is 1. The molecule has 0 aromatic rings. The van der Waals surface area contributed by atoms with Crippen molar-refractivity contribution < 1.29 is 4.79 Å². The first-order valence-electron chi connectivity index (χ1n) is 6.52. The lowest BCUT2D eigenvalue weighted by atomic mass is 10.0. The van der Waals surface area contributed by atoms with E-state index < -0.39 is 11.9 Å². The number of hydrogen-bond donors (Lipinski definition) is 2. The average molecular weight is 242 g/mol. The van der Waals surface area contributed by atoms with Crippen molar-refractivity contribution in [3.63, 3.8) is 0 Å². The van der Waals surface area contributed by atoms with Crippen molar-refractivity contribution in [3.05, 3.63) is 0 Å². The summed E-state index contributed by atoms with van der Waals surface area (Å²) in [5.74, 6) is -0.404. The van der Waals surface area contributed by atoms with Crippen molar-refractivity contribution in [1.82, 2.24) is 9.80 Å². The van der Waals surface area contributed by atoms with Crippen LogP contribution in [0.2, 0.25) is 0 Å². The van der Waals surface area contributed by atoms with E-state index in [0.29, 0.717) is 12.5 Å². The number of hydrogen-bond acceptors (Lipinski definition) is 4. The second kappa shape index (κ2) is 6.93. The summed E-state index contributed by atoms with van der Waals surface area (Å²) in [6, 6.07) is 0.117. The molecule has 17 heavy (non-hydrogen) atoms. The topological polar surface area (TPSA) is 75.6 Å². The standard InChI is InChI=1S/C12H26N4O/c1-3-16-8-4-10(5-9-16)15(2)7-6-11(13)12(14)17/h10-11H,3-9,13H2,1-2H3,(H2,14,17). The Labute approximate surface area is 104 Å². The Kier molecular flexibility index (Phi) is 5.88. The highest BCUT2D eigenvalue weighted by Gasteiger charge is 2.22. The van der Waals surface area contributed by atoms with Gasteiger partial charge in [-0.25, -0.2) is 0 Å². The number of carbonyl (C=O) groups is 1. The zero-order chi connectivity index (χ0) is 12.8. The molecule has 0 radical (unpaired) electrons. The summed E-state index contributed by atoms with van der Waals surface area (Å²) in [4.78, 5) is 15.6.